The van der Waals surface area contributed by atoms with Gasteiger partial charge in [-0.05, 0) is 55.4 Å². The number of hydrogen-bond donors (Lipinski definition) is 1. The number of aromatic nitrogens is 2. The molecule has 0 fully saturated rings. The van der Waals surface area contributed by atoms with Crippen molar-refractivity contribution in [2.45, 2.75) is 44.6 Å². The molecule has 26 heavy (non-hydrogen) atoms. The van der Waals surface area contributed by atoms with E-state index < -0.39 is 0 Å². The minimum atomic E-state index is -0.0791. The van der Waals surface area contributed by atoms with Crippen LogP contribution in [0.5, 0.6) is 0 Å². The average molecular weight is 366 g/mol. The molecule has 1 unspecified atom stereocenters. The molecular formula is C20H22N4OS. The van der Waals surface area contributed by atoms with E-state index in [1.807, 2.05) is 25.1 Å². The molecule has 6 heteroatoms. The number of aryl methyl sites for hydroxylation is 2. The van der Waals surface area contributed by atoms with Gasteiger partial charge in [0.1, 0.15) is 16.9 Å². The minimum absolute atomic E-state index is 0.0791. The fourth-order valence-electron chi connectivity index (χ4n) is 3.07. The molecule has 0 aliphatic heterocycles. The van der Waals surface area contributed by atoms with E-state index in [0.717, 1.165) is 35.5 Å². The molecule has 1 atom stereocenters. The summed E-state index contributed by atoms with van der Waals surface area (Å²) in [5.74, 6) is 1.74. The van der Waals surface area contributed by atoms with Crippen LogP contribution in [0.4, 0.5) is 5.82 Å². The Hall–Kier alpha value is -2.39. The highest BCUT2D eigenvalue weighted by Crippen LogP contribution is 2.29. The number of anilines is 1. The maximum Gasteiger partial charge on any atom is 0.226 e. The molecule has 2 aromatic rings. The van der Waals surface area contributed by atoms with Crippen LogP contribution in [0.25, 0.3) is 0 Å². The number of rotatable bonds is 5. The molecule has 0 aromatic carbocycles. The molecule has 5 nitrogen and oxygen atoms in total. The maximum atomic E-state index is 12.1. The van der Waals surface area contributed by atoms with Gasteiger partial charge in [0, 0.05) is 24.1 Å². The molecule has 0 saturated carbocycles. The van der Waals surface area contributed by atoms with Gasteiger partial charge in [0.15, 0.2) is 0 Å². The Morgan fingerprint density at radius 3 is 3.12 bits per heavy atom. The van der Waals surface area contributed by atoms with Gasteiger partial charge in [-0.15, -0.1) is 11.8 Å². The van der Waals surface area contributed by atoms with E-state index >= 15 is 0 Å². The first-order valence-corrected chi connectivity index (χ1v) is 9.82. The molecule has 2 heterocycles. The van der Waals surface area contributed by atoms with Gasteiger partial charge in [-0.25, -0.2) is 9.97 Å². The van der Waals surface area contributed by atoms with E-state index in [1.165, 1.54) is 17.3 Å². The van der Waals surface area contributed by atoms with Crippen LogP contribution in [-0.2, 0) is 17.6 Å². The van der Waals surface area contributed by atoms with Crippen molar-refractivity contribution in [3.8, 4) is 6.07 Å². The van der Waals surface area contributed by atoms with Gasteiger partial charge >= 0.3 is 0 Å². The lowest BCUT2D eigenvalue weighted by atomic mass is 9.87. The van der Waals surface area contributed by atoms with Crippen molar-refractivity contribution in [2.24, 2.45) is 5.92 Å². The van der Waals surface area contributed by atoms with Gasteiger partial charge in [0.25, 0.3) is 0 Å². The fraction of sp³-hybridized carbons (Fsp3) is 0.400. The molecule has 1 aliphatic carbocycles. The highest BCUT2D eigenvalue weighted by molar-refractivity contribution is 7.99. The zero-order valence-electron chi connectivity index (χ0n) is 15.1. The van der Waals surface area contributed by atoms with E-state index in [1.54, 1.807) is 6.20 Å². The second kappa shape index (κ2) is 8.33. The van der Waals surface area contributed by atoms with Gasteiger partial charge in [-0.1, -0.05) is 13.0 Å². The molecular weight excluding hydrogens is 344 g/mol. The van der Waals surface area contributed by atoms with E-state index in [4.69, 9.17) is 4.98 Å². The van der Waals surface area contributed by atoms with E-state index in [9.17, 15) is 10.1 Å². The molecule has 1 N–H and O–H groups in total. The van der Waals surface area contributed by atoms with Crippen molar-refractivity contribution in [1.82, 2.24) is 9.97 Å². The number of thioether (sulfide) groups is 1. The van der Waals surface area contributed by atoms with Gasteiger partial charge in [-0.3, -0.25) is 4.79 Å². The topological polar surface area (TPSA) is 78.7 Å². The second-order valence-electron chi connectivity index (χ2n) is 6.72. The number of nitrogens with one attached hydrogen (secondary N) is 1. The predicted molar refractivity (Wildman–Crippen MR) is 103 cm³/mol. The number of amides is 1. The van der Waals surface area contributed by atoms with Crippen LogP contribution in [0, 0.1) is 24.2 Å². The smallest absolute Gasteiger partial charge is 0.226 e. The summed E-state index contributed by atoms with van der Waals surface area (Å²) < 4.78 is 0. The van der Waals surface area contributed by atoms with Gasteiger partial charge in [0.05, 0.1) is 5.56 Å². The third-order valence-electron chi connectivity index (χ3n) is 4.55. The number of carbonyl (C=O) groups excluding carboxylic acids is 1. The molecule has 1 aliphatic rings. The number of fused-ring (bicyclic) bond motifs is 1. The summed E-state index contributed by atoms with van der Waals surface area (Å²) in [6.45, 7) is 4.15. The van der Waals surface area contributed by atoms with Gasteiger partial charge < -0.3 is 5.32 Å². The van der Waals surface area contributed by atoms with Crippen LogP contribution in [-0.4, -0.2) is 21.6 Å². The van der Waals surface area contributed by atoms with Crippen molar-refractivity contribution in [1.29, 1.82) is 5.26 Å². The second-order valence-corrected chi connectivity index (χ2v) is 7.81. The van der Waals surface area contributed by atoms with Crippen LogP contribution >= 0.6 is 11.8 Å². The van der Waals surface area contributed by atoms with Crippen LogP contribution in [0.3, 0.4) is 0 Å². The number of pyridine rings is 2. The first-order chi connectivity index (χ1) is 12.6. The molecule has 3 rings (SSSR count). The summed E-state index contributed by atoms with van der Waals surface area (Å²) in [5, 5.41) is 13.0. The van der Waals surface area contributed by atoms with E-state index in [2.05, 4.69) is 23.3 Å². The van der Waals surface area contributed by atoms with E-state index in [0.29, 0.717) is 29.5 Å². The van der Waals surface area contributed by atoms with Crippen molar-refractivity contribution in [2.75, 3.05) is 11.1 Å². The number of carbonyl (C=O) groups is 1. The van der Waals surface area contributed by atoms with Gasteiger partial charge in [0.2, 0.25) is 5.91 Å². The summed E-state index contributed by atoms with van der Waals surface area (Å²) in [6, 6.07) is 7.99. The number of nitrogens with zero attached hydrogens (tertiary/aromatic N) is 3. The van der Waals surface area contributed by atoms with Crippen molar-refractivity contribution < 1.29 is 4.79 Å². The molecule has 134 valence electrons. The normalized spacial score (nSPS) is 15.8. The lowest BCUT2D eigenvalue weighted by Crippen LogP contribution is -2.15. The monoisotopic (exact) mass is 366 g/mol. The third-order valence-corrected chi connectivity index (χ3v) is 5.55. The SMILES string of the molecule is Cc1cccnc1NC(=O)CCSc1nc2c(cc1C#N)CC(C)CC2. The van der Waals surface area contributed by atoms with Crippen LogP contribution in [0.15, 0.2) is 29.4 Å². The Morgan fingerprint density at radius 1 is 1.50 bits per heavy atom. The lowest BCUT2D eigenvalue weighted by Gasteiger charge is -2.21. The minimum Gasteiger partial charge on any atom is -0.310 e. The number of hydrogen-bond acceptors (Lipinski definition) is 5. The Bertz CT molecular complexity index is 859. The Balaban J connectivity index is 1.60. The fourth-order valence-corrected chi connectivity index (χ4v) is 3.98. The Morgan fingerprint density at radius 2 is 2.35 bits per heavy atom. The lowest BCUT2D eigenvalue weighted by molar-refractivity contribution is -0.115. The molecule has 1 amide bonds. The first-order valence-electron chi connectivity index (χ1n) is 8.84. The zero-order chi connectivity index (χ0) is 18.5. The average Bonchev–Trinajstić information content (AvgIpc) is 2.63. The van der Waals surface area contributed by atoms with Crippen molar-refractivity contribution >= 4 is 23.5 Å². The van der Waals surface area contributed by atoms with Crippen LogP contribution in [0.1, 0.15) is 42.1 Å². The Kier molecular flexibility index (Phi) is 5.89. The summed E-state index contributed by atoms with van der Waals surface area (Å²) >= 11 is 1.47. The van der Waals surface area contributed by atoms with E-state index in [-0.39, 0.29) is 5.91 Å². The van der Waals surface area contributed by atoms with Crippen molar-refractivity contribution in [3.05, 3.63) is 46.8 Å². The molecule has 2 aromatic heterocycles. The molecule has 0 saturated heterocycles. The highest BCUT2D eigenvalue weighted by Gasteiger charge is 2.19. The van der Waals surface area contributed by atoms with Crippen LogP contribution < -0.4 is 5.32 Å². The molecule has 0 spiro atoms. The highest BCUT2D eigenvalue weighted by atomic mass is 32.2. The summed E-state index contributed by atoms with van der Waals surface area (Å²) in [6.07, 6.45) is 5.11. The standard InChI is InChI=1S/C20H22N4OS/c1-13-5-6-17-15(10-13)11-16(12-21)20(23-17)26-9-7-18(25)24-19-14(2)4-3-8-22-19/h3-4,8,11,13H,5-7,9-10H2,1-2H3,(H,22,24,25). The van der Waals surface area contributed by atoms with Gasteiger partial charge in [-0.2, -0.15) is 5.26 Å². The summed E-state index contributed by atoms with van der Waals surface area (Å²) in [4.78, 5) is 21.0. The number of nitriles is 1. The first kappa shape index (κ1) is 18.4. The zero-order valence-corrected chi connectivity index (χ0v) is 15.9. The maximum absolute atomic E-state index is 12.1. The summed E-state index contributed by atoms with van der Waals surface area (Å²) in [7, 11) is 0. The quantitative estimate of drug-likeness (QED) is 0.812. The molecule has 0 bridgehead atoms. The third kappa shape index (κ3) is 4.41. The van der Waals surface area contributed by atoms with Crippen molar-refractivity contribution in [3.63, 3.8) is 0 Å². The Labute approximate surface area is 158 Å². The largest absolute Gasteiger partial charge is 0.310 e. The predicted octanol–water partition coefficient (Wildman–Crippen LogP) is 3.90. The van der Waals surface area contributed by atoms with Crippen LogP contribution in [0.2, 0.25) is 0 Å². The molecule has 0 radical (unpaired) electrons. The summed E-state index contributed by atoms with van der Waals surface area (Å²) in [5.41, 5.74) is 3.86.